The van der Waals surface area contributed by atoms with Gasteiger partial charge < -0.3 is 24.6 Å². The predicted molar refractivity (Wildman–Crippen MR) is 52.6 cm³/mol. The number of rotatable bonds is 3. The van der Waals surface area contributed by atoms with E-state index in [0.717, 1.165) is 0 Å². The van der Waals surface area contributed by atoms with Crippen LogP contribution in [0.5, 0.6) is 5.75 Å². The van der Waals surface area contributed by atoms with Gasteiger partial charge in [-0.05, 0) is 12.5 Å². The fraction of sp³-hybridized carbons (Fsp3) is 0.444. The Bertz CT molecular complexity index is 442. The van der Waals surface area contributed by atoms with E-state index in [9.17, 15) is 19.5 Å². The number of hydrogen-bond acceptors (Lipinski definition) is 6. The van der Waals surface area contributed by atoms with E-state index in [-0.39, 0.29) is 22.6 Å². The van der Waals surface area contributed by atoms with Gasteiger partial charge in [0.2, 0.25) is 0 Å². The van der Waals surface area contributed by atoms with Gasteiger partial charge in [0.15, 0.2) is 0 Å². The van der Waals surface area contributed by atoms with Crippen molar-refractivity contribution in [1.82, 2.24) is 4.98 Å². The molecule has 0 aliphatic rings. The van der Waals surface area contributed by atoms with Crippen LogP contribution in [-0.2, 0) is 11.2 Å². The van der Waals surface area contributed by atoms with Crippen LogP contribution in [0.15, 0.2) is 6.20 Å². The monoisotopic (exact) mass is 245 g/mol. The number of hydrogen-bond donors (Lipinski definition) is 2. The summed E-state index contributed by atoms with van der Waals surface area (Å²) in [6, 6.07) is 0. The lowest BCUT2D eigenvalue weighted by molar-refractivity contribution is -0.316. The van der Waals surface area contributed by atoms with E-state index in [1.165, 1.54) is 20.0 Å². The molecule has 7 heteroatoms. The third kappa shape index (κ3) is 2.41. The van der Waals surface area contributed by atoms with Gasteiger partial charge in [-0.15, -0.1) is 0 Å². The molecule has 1 atom stereocenters. The lowest BCUT2D eigenvalue weighted by atomic mass is 10.1. The third-order valence-corrected chi connectivity index (χ3v) is 3.68. The molecule has 1 aromatic rings. The van der Waals surface area contributed by atoms with Crippen LogP contribution in [0, 0.1) is 6.92 Å². The van der Waals surface area contributed by atoms with Crippen LogP contribution in [-0.4, -0.2) is 15.2 Å². The van der Waals surface area contributed by atoms with Crippen molar-refractivity contribution in [3.63, 3.8) is 0 Å². The molecule has 0 aliphatic heterocycles. The van der Waals surface area contributed by atoms with Crippen LogP contribution in [0.25, 0.3) is 0 Å². The molecule has 0 fully saturated rings. The minimum absolute atomic E-state index is 0.0342. The van der Waals surface area contributed by atoms with Crippen LogP contribution < -0.4 is 9.79 Å². The fourth-order valence-corrected chi connectivity index (χ4v) is 1.92. The Morgan fingerprint density at radius 3 is 2.56 bits per heavy atom. The molecule has 0 spiro atoms. The molecule has 1 rings (SSSR count). The molecule has 0 amide bonds. The number of pyridine rings is 1. The van der Waals surface area contributed by atoms with Gasteiger partial charge in [-0.2, -0.15) is 0 Å². The van der Waals surface area contributed by atoms with Crippen molar-refractivity contribution in [2.45, 2.75) is 26.1 Å². The quantitative estimate of drug-likeness (QED) is 0.697. The van der Waals surface area contributed by atoms with Gasteiger partial charge in [-0.3, -0.25) is 4.98 Å². The number of nitrogens with zero attached hydrogens (tertiary/aromatic N) is 1. The highest BCUT2D eigenvalue weighted by atomic mass is 31.2. The predicted octanol–water partition coefficient (Wildman–Crippen LogP) is -0.437. The molecule has 0 aliphatic carbocycles. The Morgan fingerprint density at radius 2 is 2.12 bits per heavy atom. The molecule has 1 unspecified atom stereocenters. The third-order valence-electron chi connectivity index (χ3n) is 2.46. The molecule has 0 saturated heterocycles. The Morgan fingerprint density at radius 1 is 1.56 bits per heavy atom. The van der Waals surface area contributed by atoms with E-state index in [1.54, 1.807) is 0 Å². The van der Waals surface area contributed by atoms with Crippen molar-refractivity contribution < 1.29 is 24.6 Å². The second kappa shape index (κ2) is 4.51. The minimum atomic E-state index is -4.82. The van der Waals surface area contributed by atoms with E-state index < -0.39 is 19.9 Å². The highest BCUT2D eigenvalue weighted by molar-refractivity contribution is 7.49. The van der Waals surface area contributed by atoms with Crippen LogP contribution in [0.3, 0.4) is 0 Å². The average Bonchev–Trinajstić information content (AvgIpc) is 2.19. The van der Waals surface area contributed by atoms with Gasteiger partial charge in [-0.1, -0.05) is 14.5 Å². The molecule has 1 heterocycles. The summed E-state index contributed by atoms with van der Waals surface area (Å²) in [5.41, 5.74) is -0.980. The van der Waals surface area contributed by atoms with E-state index in [1.807, 2.05) is 0 Å². The average molecular weight is 245 g/mol. The highest BCUT2D eigenvalue weighted by Crippen LogP contribution is 2.46. The molecular formula is C9H12NO5P-2. The summed E-state index contributed by atoms with van der Waals surface area (Å²) in [6.45, 7) is 2.16. The van der Waals surface area contributed by atoms with Crippen LogP contribution in [0.1, 0.15) is 29.4 Å². The number of aryl methyl sites for hydroxylation is 1. The molecular weight excluding hydrogens is 233 g/mol. The molecule has 0 bridgehead atoms. The van der Waals surface area contributed by atoms with Gasteiger partial charge in [0, 0.05) is 17.4 Å². The summed E-state index contributed by atoms with van der Waals surface area (Å²) in [5, 5.41) is 18.6. The topological polar surface area (TPSA) is 117 Å². The van der Waals surface area contributed by atoms with Gasteiger partial charge >= 0.3 is 0 Å². The molecule has 0 aromatic carbocycles. The first kappa shape index (κ1) is 13.1. The number of aliphatic hydroxyl groups excluding tert-OH is 1. The van der Waals surface area contributed by atoms with Gasteiger partial charge in [0.1, 0.15) is 5.75 Å². The molecule has 0 radical (unpaired) electrons. The Balaban J connectivity index is 3.35. The zero-order valence-corrected chi connectivity index (χ0v) is 9.77. The van der Waals surface area contributed by atoms with Crippen molar-refractivity contribution in [2.75, 3.05) is 0 Å². The standard InChI is InChI=1S/C9H14NO5P/c1-5-9(12)8(4-11)7(3-10-5)6(2)16(13,14)15/h3,6,11-12H,4H2,1-2H3,(H2,13,14,15)/p-2. The summed E-state index contributed by atoms with van der Waals surface area (Å²) >= 11 is 0. The lowest BCUT2D eigenvalue weighted by Gasteiger charge is -2.37. The molecule has 0 saturated carbocycles. The Labute approximate surface area is 92.8 Å². The molecule has 90 valence electrons. The van der Waals surface area contributed by atoms with E-state index in [2.05, 4.69) is 4.98 Å². The zero-order valence-electron chi connectivity index (χ0n) is 8.88. The first-order valence-electron chi connectivity index (χ1n) is 4.59. The summed E-state index contributed by atoms with van der Waals surface area (Å²) in [7, 11) is -4.82. The van der Waals surface area contributed by atoms with Crippen LogP contribution >= 0.6 is 7.60 Å². The largest absolute Gasteiger partial charge is 0.810 e. The van der Waals surface area contributed by atoms with Crippen molar-refractivity contribution in [3.05, 3.63) is 23.0 Å². The second-order valence-corrected chi connectivity index (χ2v) is 5.35. The van der Waals surface area contributed by atoms with E-state index in [0.29, 0.717) is 0 Å². The summed E-state index contributed by atoms with van der Waals surface area (Å²) < 4.78 is 10.9. The smallest absolute Gasteiger partial charge is 0.142 e. The van der Waals surface area contributed by atoms with Crippen molar-refractivity contribution in [1.29, 1.82) is 0 Å². The second-order valence-electron chi connectivity index (χ2n) is 3.50. The van der Waals surface area contributed by atoms with Crippen molar-refractivity contribution >= 4 is 7.60 Å². The summed E-state index contributed by atoms with van der Waals surface area (Å²) in [4.78, 5) is 25.5. The summed E-state index contributed by atoms with van der Waals surface area (Å²) in [6.07, 6.45) is 1.19. The highest BCUT2D eigenvalue weighted by Gasteiger charge is 2.18. The van der Waals surface area contributed by atoms with E-state index >= 15 is 0 Å². The van der Waals surface area contributed by atoms with Crippen LogP contribution in [0.4, 0.5) is 0 Å². The minimum Gasteiger partial charge on any atom is -0.810 e. The summed E-state index contributed by atoms with van der Waals surface area (Å²) in [5.74, 6) is -0.277. The number of aromatic nitrogens is 1. The lowest BCUT2D eigenvalue weighted by Crippen LogP contribution is -2.20. The van der Waals surface area contributed by atoms with Crippen molar-refractivity contribution in [2.24, 2.45) is 0 Å². The Kier molecular flexibility index (Phi) is 3.70. The zero-order chi connectivity index (χ0) is 12.5. The van der Waals surface area contributed by atoms with Gasteiger partial charge in [0.25, 0.3) is 0 Å². The molecule has 16 heavy (non-hydrogen) atoms. The number of aliphatic hydroxyl groups is 1. The number of aromatic hydroxyl groups is 1. The van der Waals surface area contributed by atoms with Gasteiger partial charge in [-0.25, -0.2) is 0 Å². The first-order chi connectivity index (χ1) is 7.29. The normalized spacial score (nSPS) is 13.8. The fourth-order valence-electron chi connectivity index (χ4n) is 1.36. The maximum Gasteiger partial charge on any atom is 0.142 e. The molecule has 2 N–H and O–H groups in total. The maximum absolute atomic E-state index is 10.9. The van der Waals surface area contributed by atoms with Crippen LogP contribution in [0.2, 0.25) is 0 Å². The molecule has 6 nitrogen and oxygen atoms in total. The first-order valence-corrected chi connectivity index (χ1v) is 6.20. The molecule has 1 aromatic heterocycles. The SMILES string of the molecule is Cc1ncc(C(C)P(=O)([O-])[O-])c(CO)c1O. The maximum atomic E-state index is 10.9. The Hall–Kier alpha value is -0.940. The van der Waals surface area contributed by atoms with Crippen molar-refractivity contribution in [3.8, 4) is 5.75 Å². The van der Waals surface area contributed by atoms with Gasteiger partial charge in [0.05, 0.1) is 12.3 Å². The van der Waals surface area contributed by atoms with E-state index in [4.69, 9.17) is 5.11 Å².